The van der Waals surface area contributed by atoms with Crippen molar-refractivity contribution in [3.63, 3.8) is 0 Å². The number of hydrogen-bond donors (Lipinski definition) is 3. The van der Waals surface area contributed by atoms with E-state index in [4.69, 9.17) is 10.5 Å². The van der Waals surface area contributed by atoms with E-state index in [1.165, 1.54) is 17.3 Å². The Kier molecular flexibility index (Phi) is 13.9. The number of Topliss-reactive ketones (excluding diaryl/α,β-unsaturated/α-hetero) is 1. The van der Waals surface area contributed by atoms with Crippen LogP contribution in [0.3, 0.4) is 0 Å². The van der Waals surface area contributed by atoms with Gasteiger partial charge in [0.05, 0.1) is 28.8 Å². The Morgan fingerprint density at radius 3 is 1.95 bits per heavy atom. The minimum absolute atomic E-state index is 0.0918. The van der Waals surface area contributed by atoms with Crippen LogP contribution in [0.2, 0.25) is 0 Å². The molecule has 14 heteroatoms. The van der Waals surface area contributed by atoms with E-state index in [1.54, 1.807) is 50.5 Å². The maximum atomic E-state index is 16.5. The molecule has 1 aliphatic rings. The van der Waals surface area contributed by atoms with E-state index in [1.807, 2.05) is 105 Å². The standard InChI is InChI=1S/C50H51BrN6O6S/c1-5-8-27-42(58)50(47(60)63-40-30-36(51)29-37(39-26-18-19-28-54-39)44(40)56-43(59)7-3)45(52)38(6-2)48(4,41-31-53-32-55-41)46(64(61)62)57(50)49(33-20-12-9-13-21-33,34-22-14-10-15-23-34)35-24-16-11-17-25-35/h9-26,28-32,38,45H,5-8,27,52H2,1-4H3,(H,53,55)(H,56,59). The molecule has 1 aliphatic heterocycles. The lowest BCUT2D eigenvalue weighted by molar-refractivity contribution is -0.161. The number of anilines is 1. The summed E-state index contributed by atoms with van der Waals surface area (Å²) in [7, 11) is -3.17. The van der Waals surface area contributed by atoms with Crippen molar-refractivity contribution in [3.8, 4) is 17.0 Å². The molecule has 1 fully saturated rings. The van der Waals surface area contributed by atoms with Crippen LogP contribution in [0.4, 0.5) is 5.69 Å². The zero-order valence-corrected chi connectivity index (χ0v) is 38.5. The van der Waals surface area contributed by atoms with Crippen molar-refractivity contribution in [1.82, 2.24) is 19.9 Å². The van der Waals surface area contributed by atoms with Gasteiger partial charge in [-0.2, -0.15) is 8.42 Å². The number of esters is 1. The second-order valence-corrected chi connectivity index (χ2v) is 17.8. The predicted octanol–water partition coefficient (Wildman–Crippen LogP) is 8.61. The quantitative estimate of drug-likeness (QED) is 0.0297. The van der Waals surface area contributed by atoms with E-state index < -0.39 is 50.5 Å². The molecule has 64 heavy (non-hydrogen) atoms. The van der Waals surface area contributed by atoms with Gasteiger partial charge in [-0.3, -0.25) is 14.6 Å². The summed E-state index contributed by atoms with van der Waals surface area (Å²) in [6, 6.07) is 34.8. The van der Waals surface area contributed by atoms with E-state index >= 15 is 9.59 Å². The number of carbonyl (C=O) groups excluding carboxylic acids is 3. The summed E-state index contributed by atoms with van der Waals surface area (Å²) < 4.78 is 36.9. The Hall–Kier alpha value is -6.06. The van der Waals surface area contributed by atoms with E-state index in [0.29, 0.717) is 51.0 Å². The summed E-state index contributed by atoms with van der Waals surface area (Å²) >= 11 is 3.59. The summed E-state index contributed by atoms with van der Waals surface area (Å²) in [5, 5.41) is 2.93. The number of H-pyrrole nitrogens is 1. The number of benzene rings is 4. The van der Waals surface area contributed by atoms with Gasteiger partial charge in [0.25, 0.3) is 0 Å². The number of pyridine rings is 1. The van der Waals surface area contributed by atoms with E-state index in [9.17, 15) is 13.2 Å². The van der Waals surface area contributed by atoms with Crippen molar-refractivity contribution in [2.45, 2.75) is 82.3 Å². The number of rotatable bonds is 15. The van der Waals surface area contributed by atoms with Crippen LogP contribution in [-0.4, -0.2) is 62.5 Å². The third-order valence-electron chi connectivity index (χ3n) is 12.5. The molecule has 4 unspecified atom stereocenters. The van der Waals surface area contributed by atoms with Gasteiger partial charge in [-0.05, 0) is 60.2 Å². The van der Waals surface area contributed by atoms with Gasteiger partial charge in [-0.15, -0.1) is 0 Å². The number of nitrogens with two attached hydrogens (primary N) is 1. The van der Waals surface area contributed by atoms with Crippen molar-refractivity contribution < 1.29 is 27.5 Å². The Morgan fingerprint density at radius 1 is 0.875 bits per heavy atom. The van der Waals surface area contributed by atoms with Crippen LogP contribution in [0.5, 0.6) is 5.75 Å². The number of ketones is 1. The fraction of sp³-hybridized carbons (Fsp3) is 0.280. The van der Waals surface area contributed by atoms with E-state index in [-0.39, 0.29) is 41.6 Å². The predicted molar refractivity (Wildman–Crippen MR) is 252 cm³/mol. The van der Waals surface area contributed by atoms with Crippen molar-refractivity contribution >= 4 is 54.6 Å². The highest BCUT2D eigenvalue weighted by atomic mass is 79.9. The zero-order valence-electron chi connectivity index (χ0n) is 36.1. The number of nitrogens with one attached hydrogen (secondary N) is 2. The molecule has 0 radical (unpaired) electrons. The monoisotopic (exact) mass is 942 g/mol. The van der Waals surface area contributed by atoms with Crippen molar-refractivity contribution in [2.24, 2.45) is 11.7 Å². The number of likely N-dealkylation sites (tertiary alicyclic amines) is 1. The van der Waals surface area contributed by atoms with Crippen molar-refractivity contribution in [1.29, 1.82) is 0 Å². The number of aromatic nitrogens is 3. The second kappa shape index (κ2) is 19.4. The molecule has 4 N–H and O–H groups in total. The maximum Gasteiger partial charge on any atom is 0.341 e. The van der Waals surface area contributed by atoms with Crippen molar-refractivity contribution in [2.75, 3.05) is 5.32 Å². The van der Waals surface area contributed by atoms with Gasteiger partial charge in [-0.1, -0.05) is 147 Å². The highest BCUT2D eigenvalue weighted by Crippen LogP contribution is 2.56. The molecule has 4 aromatic carbocycles. The van der Waals surface area contributed by atoms with Crippen LogP contribution >= 0.6 is 15.9 Å². The van der Waals surface area contributed by atoms with Crippen LogP contribution < -0.4 is 15.8 Å². The molecule has 2 aromatic heterocycles. The molecule has 4 atom stereocenters. The van der Waals surface area contributed by atoms with Gasteiger partial charge >= 0.3 is 5.97 Å². The molecule has 0 saturated carbocycles. The maximum absolute atomic E-state index is 16.5. The van der Waals surface area contributed by atoms with Gasteiger partial charge in [-0.25, -0.2) is 14.7 Å². The van der Waals surface area contributed by atoms with Gasteiger partial charge in [0.1, 0.15) is 10.5 Å². The third kappa shape index (κ3) is 7.82. The highest BCUT2D eigenvalue weighted by molar-refractivity contribution is 9.10. The van der Waals surface area contributed by atoms with Gasteiger partial charge in [0.2, 0.25) is 16.2 Å². The lowest BCUT2D eigenvalue weighted by Gasteiger charge is -2.62. The summed E-state index contributed by atoms with van der Waals surface area (Å²) in [5.74, 6) is -3.15. The fourth-order valence-electron chi connectivity index (χ4n) is 9.55. The molecule has 0 aliphatic carbocycles. The van der Waals surface area contributed by atoms with Crippen LogP contribution in [0.1, 0.15) is 82.2 Å². The summed E-state index contributed by atoms with van der Waals surface area (Å²) in [4.78, 5) is 59.4. The molecular weight excluding hydrogens is 893 g/mol. The number of aromatic amines is 1. The van der Waals surface area contributed by atoms with Crippen LogP contribution in [0.15, 0.2) is 145 Å². The minimum Gasteiger partial charge on any atom is -0.422 e. The minimum atomic E-state index is -3.17. The van der Waals surface area contributed by atoms with Crippen molar-refractivity contribution in [3.05, 3.63) is 167 Å². The lowest BCUT2D eigenvalue weighted by Crippen LogP contribution is -2.84. The first-order valence-electron chi connectivity index (χ1n) is 21.4. The number of ether oxygens (including phenoxy) is 1. The number of piperidine rings is 1. The Labute approximate surface area is 383 Å². The molecule has 3 heterocycles. The Balaban J connectivity index is 1.69. The fourth-order valence-corrected chi connectivity index (χ4v) is 11.0. The number of unbranched alkanes of at least 4 members (excludes halogenated alkanes) is 1. The van der Waals surface area contributed by atoms with Crippen LogP contribution in [-0.2, 0) is 35.6 Å². The second-order valence-electron chi connectivity index (χ2n) is 16.0. The number of hydrogen-bond acceptors (Lipinski definition) is 9. The molecule has 12 nitrogen and oxygen atoms in total. The van der Waals surface area contributed by atoms with Gasteiger partial charge in [0.15, 0.2) is 17.1 Å². The van der Waals surface area contributed by atoms with Crippen LogP contribution in [0.25, 0.3) is 11.3 Å². The normalized spacial score (nSPS) is 20.1. The van der Waals surface area contributed by atoms with Gasteiger partial charge < -0.3 is 20.8 Å². The molecule has 0 spiro atoms. The van der Waals surface area contributed by atoms with E-state index in [0.717, 1.165) is 0 Å². The topological polar surface area (TPSA) is 177 Å². The SMILES string of the molecule is CCCCC(=O)C1(C(=O)Oc2cc(Br)cc(-c3ccccn3)c2NC(=O)CC)C(N)C(CC)C(C)(c2c[nH]cn2)C(=S(=O)=O)N1C(c1ccccc1)(c1ccccc1)c1ccccc1. The van der Waals surface area contributed by atoms with E-state index in [2.05, 4.69) is 36.2 Å². The molecule has 0 bridgehead atoms. The molecule has 6 aromatic rings. The zero-order chi connectivity index (χ0) is 45.6. The number of carbonyl (C=O) groups is 3. The first-order chi connectivity index (χ1) is 30.9. The largest absolute Gasteiger partial charge is 0.422 e. The first kappa shape index (κ1) is 45.9. The summed E-state index contributed by atoms with van der Waals surface area (Å²) in [6.45, 7) is 7.24. The smallest absolute Gasteiger partial charge is 0.341 e. The highest BCUT2D eigenvalue weighted by Gasteiger charge is 2.73. The lowest BCUT2D eigenvalue weighted by atomic mass is 9.57. The Morgan fingerprint density at radius 2 is 1.47 bits per heavy atom. The molecule has 1 amide bonds. The number of amides is 1. The summed E-state index contributed by atoms with van der Waals surface area (Å²) in [5.41, 5.74) is 4.83. The first-order valence-corrected chi connectivity index (χ1v) is 23.3. The number of imidazole rings is 1. The Bertz CT molecular complexity index is 2650. The summed E-state index contributed by atoms with van der Waals surface area (Å²) in [6.07, 6.45) is 5.78. The molecule has 1 saturated heterocycles. The molecule has 330 valence electrons. The average molecular weight is 944 g/mol. The third-order valence-corrected chi connectivity index (χ3v) is 13.9. The average Bonchev–Trinajstić information content (AvgIpc) is 3.87. The molecule has 7 rings (SSSR count). The number of halogens is 1. The molecular formula is C50H51BrN6O6S. The van der Waals surface area contributed by atoms with Gasteiger partial charge in [0, 0.05) is 41.3 Å². The van der Waals surface area contributed by atoms with Crippen LogP contribution in [0, 0.1) is 5.92 Å². The number of nitrogens with zero attached hydrogens (tertiary/aromatic N) is 3.